The second kappa shape index (κ2) is 10.0. The Bertz CT molecular complexity index is 911. The Balaban J connectivity index is 2.02. The molecule has 7 heteroatoms. The van der Waals surface area contributed by atoms with E-state index in [-0.39, 0.29) is 24.0 Å². The van der Waals surface area contributed by atoms with Crippen LogP contribution < -0.4 is 10.6 Å². The number of carbonyl (C=O) groups excluding carboxylic acids is 2. The fraction of sp³-hybridized carbons (Fsp3) is 0.333. The predicted octanol–water partition coefficient (Wildman–Crippen LogP) is 2.70. The Labute approximate surface area is 166 Å². The molecule has 2 amide bonds. The van der Waals surface area contributed by atoms with E-state index in [1.54, 1.807) is 24.3 Å². The van der Waals surface area contributed by atoms with E-state index in [1.165, 1.54) is 0 Å². The van der Waals surface area contributed by atoms with E-state index in [1.807, 2.05) is 37.3 Å². The minimum absolute atomic E-state index is 0.0943. The molecule has 0 heterocycles. The molecule has 0 aromatic heterocycles. The van der Waals surface area contributed by atoms with E-state index >= 15 is 0 Å². The lowest BCUT2D eigenvalue weighted by Crippen LogP contribution is -2.44. The molecule has 0 bridgehead atoms. The molecule has 0 saturated carbocycles. The molecular formula is C21H26N2O4S. The molecule has 1 unspecified atom stereocenters. The van der Waals surface area contributed by atoms with Crippen molar-refractivity contribution >= 4 is 27.3 Å². The van der Waals surface area contributed by atoms with Crippen molar-refractivity contribution in [3.05, 3.63) is 65.7 Å². The van der Waals surface area contributed by atoms with Crippen LogP contribution >= 0.6 is 0 Å². The summed E-state index contributed by atoms with van der Waals surface area (Å²) in [6, 6.07) is 15.4. The van der Waals surface area contributed by atoms with Crippen LogP contribution in [0, 0.1) is 0 Å². The first-order valence-corrected chi connectivity index (χ1v) is 11.2. The minimum Gasteiger partial charge on any atom is -0.344 e. The quantitative estimate of drug-likeness (QED) is 0.674. The van der Waals surface area contributed by atoms with Gasteiger partial charge in [0, 0.05) is 11.9 Å². The summed E-state index contributed by atoms with van der Waals surface area (Å²) in [6.07, 6.45) is 2.61. The molecule has 28 heavy (non-hydrogen) atoms. The van der Waals surface area contributed by atoms with Crippen LogP contribution in [0.2, 0.25) is 0 Å². The van der Waals surface area contributed by atoms with Crippen LogP contribution in [0.1, 0.15) is 30.9 Å². The molecule has 2 N–H and O–H groups in total. The molecule has 6 nitrogen and oxygen atoms in total. The number of amides is 2. The molecule has 2 rings (SSSR count). The van der Waals surface area contributed by atoms with Crippen molar-refractivity contribution in [3.63, 3.8) is 0 Å². The highest BCUT2D eigenvalue weighted by molar-refractivity contribution is 7.89. The topological polar surface area (TPSA) is 92.3 Å². The van der Waals surface area contributed by atoms with Gasteiger partial charge in [0.1, 0.15) is 6.04 Å². The maximum Gasteiger partial charge on any atom is 0.246 e. The van der Waals surface area contributed by atoms with Crippen LogP contribution in [-0.4, -0.2) is 32.5 Å². The molecule has 0 aliphatic rings. The standard InChI is InChI=1S/C21H26N2O4S/c1-3-8-19(23-20(24)14-16-9-5-4-6-10-16)21(25)22-18-12-7-11-17(13-18)15-28(2,26)27/h4-7,9-13,19H,3,8,14-15H2,1-2H3,(H,22,25)(H,23,24). The van der Waals surface area contributed by atoms with Gasteiger partial charge in [0.15, 0.2) is 9.84 Å². The van der Waals surface area contributed by atoms with Crippen LogP contribution in [0.15, 0.2) is 54.6 Å². The summed E-state index contributed by atoms with van der Waals surface area (Å²) in [5.41, 5.74) is 1.98. The highest BCUT2D eigenvalue weighted by Gasteiger charge is 2.20. The molecule has 0 radical (unpaired) electrons. The Morgan fingerprint density at radius 2 is 1.68 bits per heavy atom. The molecule has 0 aliphatic carbocycles. The summed E-state index contributed by atoms with van der Waals surface area (Å²) in [4.78, 5) is 25.0. The molecule has 0 fully saturated rings. The number of hydrogen-bond acceptors (Lipinski definition) is 4. The van der Waals surface area contributed by atoms with Crippen molar-refractivity contribution in [3.8, 4) is 0 Å². The first-order chi connectivity index (χ1) is 13.3. The molecule has 0 aliphatic heterocycles. The van der Waals surface area contributed by atoms with Gasteiger partial charge in [-0.05, 0) is 29.7 Å². The fourth-order valence-electron chi connectivity index (χ4n) is 2.86. The van der Waals surface area contributed by atoms with E-state index in [0.717, 1.165) is 18.2 Å². The van der Waals surface area contributed by atoms with Crippen molar-refractivity contribution in [2.24, 2.45) is 0 Å². The number of hydrogen-bond donors (Lipinski definition) is 2. The summed E-state index contributed by atoms with van der Waals surface area (Å²) in [5, 5.41) is 5.57. The molecule has 0 saturated heterocycles. The van der Waals surface area contributed by atoms with Gasteiger partial charge in [-0.1, -0.05) is 55.8 Å². The van der Waals surface area contributed by atoms with Crippen LogP contribution in [0.5, 0.6) is 0 Å². The Morgan fingerprint density at radius 1 is 1.00 bits per heavy atom. The Morgan fingerprint density at radius 3 is 2.32 bits per heavy atom. The number of anilines is 1. The van der Waals surface area contributed by atoms with Gasteiger partial charge >= 0.3 is 0 Å². The smallest absolute Gasteiger partial charge is 0.246 e. The number of nitrogens with one attached hydrogen (secondary N) is 2. The number of rotatable bonds is 9. The maximum atomic E-state index is 12.6. The monoisotopic (exact) mass is 402 g/mol. The van der Waals surface area contributed by atoms with Crippen molar-refractivity contribution < 1.29 is 18.0 Å². The second-order valence-corrected chi connectivity index (χ2v) is 8.97. The summed E-state index contributed by atoms with van der Waals surface area (Å²) in [7, 11) is -3.16. The highest BCUT2D eigenvalue weighted by Crippen LogP contribution is 2.14. The van der Waals surface area contributed by atoms with Crippen LogP contribution in [-0.2, 0) is 31.6 Å². The maximum absolute atomic E-state index is 12.6. The molecule has 1 atom stereocenters. The Hall–Kier alpha value is -2.67. The molecule has 2 aromatic rings. The largest absolute Gasteiger partial charge is 0.344 e. The molecular weight excluding hydrogens is 376 g/mol. The zero-order valence-corrected chi connectivity index (χ0v) is 17.0. The van der Waals surface area contributed by atoms with Gasteiger partial charge in [-0.25, -0.2) is 8.42 Å². The summed E-state index contributed by atoms with van der Waals surface area (Å²) >= 11 is 0. The van der Waals surface area contributed by atoms with Gasteiger partial charge in [-0.15, -0.1) is 0 Å². The van der Waals surface area contributed by atoms with E-state index in [0.29, 0.717) is 17.7 Å². The summed E-state index contributed by atoms with van der Waals surface area (Å²) < 4.78 is 22.9. The molecule has 0 spiro atoms. The third kappa shape index (κ3) is 7.52. The van der Waals surface area contributed by atoms with Gasteiger partial charge in [-0.3, -0.25) is 9.59 Å². The Kier molecular flexibility index (Phi) is 7.75. The van der Waals surface area contributed by atoms with Crippen LogP contribution in [0.4, 0.5) is 5.69 Å². The minimum atomic E-state index is -3.16. The molecule has 150 valence electrons. The lowest BCUT2D eigenvalue weighted by Gasteiger charge is -2.18. The van der Waals surface area contributed by atoms with Gasteiger partial charge < -0.3 is 10.6 Å². The fourth-order valence-corrected chi connectivity index (χ4v) is 3.64. The SMILES string of the molecule is CCCC(NC(=O)Cc1ccccc1)C(=O)Nc1cccc(CS(C)(=O)=O)c1. The lowest BCUT2D eigenvalue weighted by molar-refractivity contribution is -0.126. The molecule has 2 aromatic carbocycles. The van der Waals surface area contributed by atoms with Crippen molar-refractivity contribution in [1.82, 2.24) is 5.32 Å². The van der Waals surface area contributed by atoms with E-state index in [2.05, 4.69) is 10.6 Å². The predicted molar refractivity (Wildman–Crippen MR) is 111 cm³/mol. The first kappa shape index (κ1) is 21.6. The third-order valence-electron chi connectivity index (χ3n) is 4.06. The number of benzene rings is 2. The third-order valence-corrected chi connectivity index (χ3v) is 4.92. The average Bonchev–Trinajstić information content (AvgIpc) is 2.61. The average molecular weight is 403 g/mol. The van der Waals surface area contributed by atoms with Gasteiger partial charge in [-0.2, -0.15) is 0 Å². The van der Waals surface area contributed by atoms with E-state index < -0.39 is 15.9 Å². The number of carbonyl (C=O) groups is 2. The second-order valence-electron chi connectivity index (χ2n) is 6.83. The zero-order chi connectivity index (χ0) is 20.6. The summed E-state index contributed by atoms with van der Waals surface area (Å²) in [5.74, 6) is -0.631. The van der Waals surface area contributed by atoms with Gasteiger partial charge in [0.2, 0.25) is 11.8 Å². The lowest BCUT2D eigenvalue weighted by atomic mass is 10.1. The van der Waals surface area contributed by atoms with Crippen molar-refractivity contribution in [1.29, 1.82) is 0 Å². The zero-order valence-electron chi connectivity index (χ0n) is 16.1. The normalized spacial score (nSPS) is 12.2. The van der Waals surface area contributed by atoms with Gasteiger partial charge in [0.25, 0.3) is 0 Å². The van der Waals surface area contributed by atoms with E-state index in [4.69, 9.17) is 0 Å². The number of sulfone groups is 1. The summed E-state index contributed by atoms with van der Waals surface area (Å²) in [6.45, 7) is 1.94. The van der Waals surface area contributed by atoms with E-state index in [9.17, 15) is 18.0 Å². The van der Waals surface area contributed by atoms with Crippen LogP contribution in [0.25, 0.3) is 0 Å². The first-order valence-electron chi connectivity index (χ1n) is 9.17. The van der Waals surface area contributed by atoms with Crippen LogP contribution in [0.3, 0.4) is 0 Å². The highest BCUT2D eigenvalue weighted by atomic mass is 32.2. The van der Waals surface area contributed by atoms with Crippen molar-refractivity contribution in [2.75, 3.05) is 11.6 Å². The van der Waals surface area contributed by atoms with Crippen molar-refractivity contribution in [2.45, 2.75) is 38.0 Å². The van der Waals surface area contributed by atoms with Gasteiger partial charge in [0.05, 0.1) is 12.2 Å².